The second kappa shape index (κ2) is 8.10. The summed E-state index contributed by atoms with van der Waals surface area (Å²) in [5.41, 5.74) is -0.677. The van der Waals surface area contributed by atoms with Gasteiger partial charge in [-0.05, 0) is 25.0 Å². The summed E-state index contributed by atoms with van der Waals surface area (Å²) < 4.78 is 24.5. The van der Waals surface area contributed by atoms with Crippen molar-refractivity contribution in [3.8, 4) is 5.75 Å². The highest BCUT2D eigenvalue weighted by atomic mass is 19.1. The lowest BCUT2D eigenvalue weighted by molar-refractivity contribution is -0.146. The number of hydrogen-bond acceptors (Lipinski definition) is 4. The van der Waals surface area contributed by atoms with Crippen LogP contribution < -0.4 is 4.74 Å². The Morgan fingerprint density at radius 3 is 2.83 bits per heavy atom. The maximum Gasteiger partial charge on any atom is 0.303 e. The van der Waals surface area contributed by atoms with E-state index in [1.165, 1.54) is 12.1 Å². The quantitative estimate of drug-likeness (QED) is 0.823. The van der Waals surface area contributed by atoms with E-state index in [0.717, 1.165) is 6.42 Å². The van der Waals surface area contributed by atoms with Gasteiger partial charge >= 0.3 is 5.97 Å². The molecule has 1 aliphatic rings. The van der Waals surface area contributed by atoms with Crippen molar-refractivity contribution < 1.29 is 28.6 Å². The average Bonchev–Trinajstić information content (AvgIpc) is 2.58. The summed E-state index contributed by atoms with van der Waals surface area (Å²) in [7, 11) is 1.56. The molecule has 7 heteroatoms. The van der Waals surface area contributed by atoms with Gasteiger partial charge in [0, 0.05) is 26.1 Å². The number of rotatable bonds is 7. The fourth-order valence-electron chi connectivity index (χ4n) is 2.80. The zero-order valence-electron chi connectivity index (χ0n) is 13.7. The molecule has 0 unspecified atom stereocenters. The lowest BCUT2D eigenvalue weighted by Crippen LogP contribution is -2.54. The van der Waals surface area contributed by atoms with Gasteiger partial charge in [0.2, 0.25) is 5.91 Å². The summed E-state index contributed by atoms with van der Waals surface area (Å²) >= 11 is 0. The van der Waals surface area contributed by atoms with Crippen molar-refractivity contribution in [3.05, 3.63) is 30.1 Å². The maximum absolute atomic E-state index is 13.2. The van der Waals surface area contributed by atoms with Gasteiger partial charge in [0.15, 0.2) is 0 Å². The van der Waals surface area contributed by atoms with Crippen molar-refractivity contribution in [2.24, 2.45) is 0 Å². The van der Waals surface area contributed by atoms with Crippen LogP contribution in [0.3, 0.4) is 0 Å². The molecule has 1 heterocycles. The summed E-state index contributed by atoms with van der Waals surface area (Å²) in [6.45, 7) is 1.09. The fraction of sp³-hybridized carbons (Fsp3) is 0.529. The summed E-state index contributed by atoms with van der Waals surface area (Å²) in [5.74, 6) is -1.18. The molecule has 1 aromatic rings. The summed E-state index contributed by atoms with van der Waals surface area (Å²) in [6.07, 6.45) is 1.23. The van der Waals surface area contributed by atoms with Gasteiger partial charge in [-0.1, -0.05) is 6.07 Å². The predicted octanol–water partition coefficient (Wildman–Crippen LogP) is 2.08. The van der Waals surface area contributed by atoms with Crippen LogP contribution in [-0.2, 0) is 14.3 Å². The van der Waals surface area contributed by atoms with Crippen LogP contribution in [0.5, 0.6) is 5.75 Å². The van der Waals surface area contributed by atoms with Crippen molar-refractivity contribution in [1.29, 1.82) is 0 Å². The minimum Gasteiger partial charge on any atom is -0.490 e. The number of aliphatic carboxylic acids is 1. The Labute approximate surface area is 140 Å². The lowest BCUT2D eigenvalue weighted by Gasteiger charge is -2.41. The first kappa shape index (κ1) is 18.2. The zero-order valence-corrected chi connectivity index (χ0v) is 13.7. The Hall–Kier alpha value is -2.15. The highest BCUT2D eigenvalue weighted by Gasteiger charge is 2.38. The molecule has 1 saturated heterocycles. The number of nitrogens with zero attached hydrogens (tertiary/aromatic N) is 1. The molecule has 132 valence electrons. The number of hydrogen-bond donors (Lipinski definition) is 1. The molecule has 2 rings (SSSR count). The summed E-state index contributed by atoms with van der Waals surface area (Å²) in [4.78, 5) is 24.4. The third-order valence-corrected chi connectivity index (χ3v) is 4.18. The van der Waals surface area contributed by atoms with Gasteiger partial charge in [0.25, 0.3) is 0 Å². The molecular weight excluding hydrogens is 317 g/mol. The number of likely N-dealkylation sites (tertiary alicyclic amines) is 1. The minimum absolute atomic E-state index is 0.0279. The van der Waals surface area contributed by atoms with E-state index in [-0.39, 0.29) is 31.2 Å². The molecule has 0 aromatic heterocycles. The molecular formula is C17H22FNO5. The Balaban J connectivity index is 1.97. The number of ether oxygens (including phenoxy) is 2. The first-order valence-electron chi connectivity index (χ1n) is 7.87. The standard InChI is InChI=1S/C17H22FNO5/c1-23-17(12-24-14-5-2-4-13(18)10-14)8-3-9-19(11-17)15(20)6-7-16(21)22/h2,4-5,10H,3,6-9,11-12H2,1H3,(H,21,22)/t17-/m1/s1. The molecule has 1 aromatic carbocycles. The Morgan fingerprint density at radius 1 is 1.38 bits per heavy atom. The highest BCUT2D eigenvalue weighted by Crippen LogP contribution is 2.27. The molecule has 0 aliphatic carbocycles. The molecule has 0 saturated carbocycles. The van der Waals surface area contributed by atoms with Gasteiger partial charge in [-0.2, -0.15) is 0 Å². The van der Waals surface area contributed by atoms with Crippen LogP contribution in [0.2, 0.25) is 0 Å². The summed E-state index contributed by atoms with van der Waals surface area (Å²) in [5, 5.41) is 8.70. The molecule has 1 N–H and O–H groups in total. The third kappa shape index (κ3) is 4.92. The van der Waals surface area contributed by atoms with E-state index in [1.807, 2.05) is 0 Å². The fourth-order valence-corrected chi connectivity index (χ4v) is 2.80. The molecule has 0 spiro atoms. The van der Waals surface area contributed by atoms with E-state index in [1.54, 1.807) is 24.1 Å². The molecule has 1 aliphatic heterocycles. The van der Waals surface area contributed by atoms with E-state index < -0.39 is 11.6 Å². The molecule has 24 heavy (non-hydrogen) atoms. The van der Waals surface area contributed by atoms with E-state index in [0.29, 0.717) is 25.3 Å². The van der Waals surface area contributed by atoms with Crippen LogP contribution in [0.4, 0.5) is 4.39 Å². The first-order valence-corrected chi connectivity index (χ1v) is 7.87. The normalized spacial score (nSPS) is 20.7. The molecule has 1 fully saturated rings. The second-order valence-corrected chi connectivity index (χ2v) is 5.95. The number of carbonyl (C=O) groups is 2. The first-order chi connectivity index (χ1) is 11.4. The van der Waals surface area contributed by atoms with Crippen LogP contribution in [0, 0.1) is 5.82 Å². The Bertz CT molecular complexity index is 594. The topological polar surface area (TPSA) is 76.1 Å². The number of halogens is 1. The zero-order chi connectivity index (χ0) is 17.6. The minimum atomic E-state index is -0.993. The van der Waals surface area contributed by atoms with E-state index in [4.69, 9.17) is 14.6 Å². The number of carboxylic acid groups (broad SMARTS) is 1. The molecule has 6 nitrogen and oxygen atoms in total. The number of amides is 1. The number of piperidine rings is 1. The lowest BCUT2D eigenvalue weighted by atomic mass is 9.93. The van der Waals surface area contributed by atoms with Crippen molar-refractivity contribution in [2.75, 3.05) is 26.8 Å². The van der Waals surface area contributed by atoms with Crippen molar-refractivity contribution in [2.45, 2.75) is 31.3 Å². The van der Waals surface area contributed by atoms with Crippen LogP contribution in [0.25, 0.3) is 0 Å². The van der Waals surface area contributed by atoms with Crippen molar-refractivity contribution in [1.82, 2.24) is 4.90 Å². The molecule has 1 atom stereocenters. The van der Waals surface area contributed by atoms with Crippen LogP contribution >= 0.6 is 0 Å². The van der Waals surface area contributed by atoms with Gasteiger partial charge in [-0.25, -0.2) is 4.39 Å². The number of methoxy groups -OCH3 is 1. The second-order valence-electron chi connectivity index (χ2n) is 5.95. The van der Waals surface area contributed by atoms with E-state index >= 15 is 0 Å². The number of benzene rings is 1. The SMILES string of the molecule is CO[C@]1(COc2cccc(F)c2)CCCN(C(=O)CCC(=O)O)C1. The van der Waals surface area contributed by atoms with Crippen LogP contribution in [-0.4, -0.2) is 54.3 Å². The number of carboxylic acids is 1. The van der Waals surface area contributed by atoms with Crippen LogP contribution in [0.1, 0.15) is 25.7 Å². The Kier molecular flexibility index (Phi) is 6.14. The average molecular weight is 339 g/mol. The Morgan fingerprint density at radius 2 is 2.17 bits per heavy atom. The van der Waals surface area contributed by atoms with Gasteiger partial charge in [-0.15, -0.1) is 0 Å². The van der Waals surface area contributed by atoms with Crippen molar-refractivity contribution in [3.63, 3.8) is 0 Å². The van der Waals surface area contributed by atoms with Gasteiger partial charge in [-0.3, -0.25) is 9.59 Å². The van der Waals surface area contributed by atoms with E-state index in [2.05, 4.69) is 0 Å². The molecule has 0 bridgehead atoms. The third-order valence-electron chi connectivity index (χ3n) is 4.18. The van der Waals surface area contributed by atoms with Gasteiger partial charge in [0.05, 0.1) is 13.0 Å². The maximum atomic E-state index is 13.2. The van der Waals surface area contributed by atoms with E-state index in [9.17, 15) is 14.0 Å². The van der Waals surface area contributed by atoms with Crippen LogP contribution in [0.15, 0.2) is 24.3 Å². The predicted molar refractivity (Wildman–Crippen MR) is 84.3 cm³/mol. The molecule has 1 amide bonds. The smallest absolute Gasteiger partial charge is 0.303 e. The summed E-state index contributed by atoms with van der Waals surface area (Å²) in [6, 6.07) is 5.85. The van der Waals surface area contributed by atoms with Gasteiger partial charge in [0.1, 0.15) is 23.8 Å². The van der Waals surface area contributed by atoms with Gasteiger partial charge < -0.3 is 19.5 Å². The monoisotopic (exact) mass is 339 g/mol. The molecule has 0 radical (unpaired) electrons. The highest BCUT2D eigenvalue weighted by molar-refractivity contribution is 5.80. The number of carbonyl (C=O) groups excluding carboxylic acids is 1. The van der Waals surface area contributed by atoms with Crippen molar-refractivity contribution >= 4 is 11.9 Å². The largest absolute Gasteiger partial charge is 0.490 e.